The summed E-state index contributed by atoms with van der Waals surface area (Å²) in [5.74, 6) is -0.504. The summed E-state index contributed by atoms with van der Waals surface area (Å²) < 4.78 is 47.6. The standard InChI is InChI=1S/C19H18Cl2F3N5O2/c1-11(18(30,19(22,23)24)12-6-7-25-16(21)9-12)14-5-4-13(10-15(14)20)31-8-2-3-17-26-28-29-27-17/h4-7,9-11,30H,2-3,8H2,1H3,(H,26,27,28,29). The molecule has 0 radical (unpaired) electrons. The molecule has 0 aliphatic carbocycles. The number of halogens is 5. The minimum absolute atomic E-state index is 0.0333. The minimum Gasteiger partial charge on any atom is -0.494 e. The van der Waals surface area contributed by atoms with Gasteiger partial charge in [-0.3, -0.25) is 0 Å². The Morgan fingerprint density at radius 2 is 1.97 bits per heavy atom. The van der Waals surface area contributed by atoms with Crippen molar-refractivity contribution in [2.75, 3.05) is 6.61 Å². The van der Waals surface area contributed by atoms with Crippen molar-refractivity contribution in [3.63, 3.8) is 0 Å². The molecule has 0 spiro atoms. The number of benzene rings is 1. The summed E-state index contributed by atoms with van der Waals surface area (Å²) in [6.45, 7) is 1.57. The highest BCUT2D eigenvalue weighted by Crippen LogP contribution is 2.50. The lowest BCUT2D eigenvalue weighted by atomic mass is 9.78. The predicted octanol–water partition coefficient (Wildman–Crippen LogP) is 4.47. The van der Waals surface area contributed by atoms with E-state index in [1.165, 1.54) is 25.1 Å². The van der Waals surface area contributed by atoms with E-state index in [2.05, 4.69) is 25.6 Å². The SMILES string of the molecule is CC(c1ccc(OCCCc2nn[nH]n2)cc1Cl)C(O)(c1ccnc(Cl)c1)C(F)(F)F. The fourth-order valence-corrected chi connectivity index (χ4v) is 3.69. The maximum Gasteiger partial charge on any atom is 0.422 e. The van der Waals surface area contributed by atoms with Gasteiger partial charge in [-0.1, -0.05) is 41.4 Å². The number of aliphatic hydroxyl groups is 1. The molecule has 0 saturated carbocycles. The first-order chi connectivity index (χ1) is 14.6. The molecule has 3 rings (SSSR count). The summed E-state index contributed by atoms with van der Waals surface area (Å²) in [5, 5.41) is 24.1. The van der Waals surface area contributed by atoms with Gasteiger partial charge in [-0.15, -0.1) is 10.2 Å². The van der Waals surface area contributed by atoms with Gasteiger partial charge in [-0.05, 0) is 41.8 Å². The van der Waals surface area contributed by atoms with Gasteiger partial charge in [0.15, 0.2) is 11.4 Å². The van der Waals surface area contributed by atoms with Crippen LogP contribution in [0.1, 0.15) is 36.2 Å². The molecule has 2 atom stereocenters. The van der Waals surface area contributed by atoms with Crippen molar-refractivity contribution in [1.82, 2.24) is 25.6 Å². The number of pyridine rings is 1. The lowest BCUT2D eigenvalue weighted by Gasteiger charge is -2.37. The molecule has 2 heterocycles. The Hall–Kier alpha value is -2.43. The molecule has 2 N–H and O–H groups in total. The summed E-state index contributed by atoms with van der Waals surface area (Å²) in [6.07, 6.45) is -2.74. The van der Waals surface area contributed by atoms with Crippen molar-refractivity contribution in [1.29, 1.82) is 0 Å². The number of hydrogen-bond acceptors (Lipinski definition) is 6. The van der Waals surface area contributed by atoms with E-state index in [1.54, 1.807) is 0 Å². The monoisotopic (exact) mass is 475 g/mol. The molecule has 3 aromatic rings. The van der Waals surface area contributed by atoms with Crippen molar-refractivity contribution < 1.29 is 23.0 Å². The smallest absolute Gasteiger partial charge is 0.422 e. The minimum atomic E-state index is -5.00. The van der Waals surface area contributed by atoms with Crippen LogP contribution in [0.25, 0.3) is 0 Å². The molecule has 166 valence electrons. The Morgan fingerprint density at radius 1 is 1.19 bits per heavy atom. The normalized spacial score (nSPS) is 14.8. The van der Waals surface area contributed by atoms with Crippen LogP contribution >= 0.6 is 23.2 Å². The van der Waals surface area contributed by atoms with Crippen molar-refractivity contribution in [3.05, 3.63) is 63.7 Å². The third-order valence-corrected chi connectivity index (χ3v) is 5.40. The van der Waals surface area contributed by atoms with E-state index in [0.717, 1.165) is 18.3 Å². The molecule has 0 aliphatic heterocycles. The molecule has 2 aromatic heterocycles. The van der Waals surface area contributed by atoms with E-state index < -0.39 is 23.3 Å². The van der Waals surface area contributed by atoms with Crippen molar-refractivity contribution in [2.45, 2.75) is 37.5 Å². The van der Waals surface area contributed by atoms with Crippen LogP contribution in [0.4, 0.5) is 13.2 Å². The fourth-order valence-electron chi connectivity index (χ4n) is 3.18. The van der Waals surface area contributed by atoms with Gasteiger partial charge in [0.2, 0.25) is 0 Å². The second-order valence-corrected chi connectivity index (χ2v) is 7.61. The fraction of sp³-hybridized carbons (Fsp3) is 0.368. The van der Waals surface area contributed by atoms with Gasteiger partial charge >= 0.3 is 6.18 Å². The van der Waals surface area contributed by atoms with Crippen LogP contribution < -0.4 is 4.74 Å². The quantitative estimate of drug-likeness (QED) is 0.368. The molecule has 0 saturated heterocycles. The third-order valence-electron chi connectivity index (χ3n) is 4.87. The second kappa shape index (κ2) is 9.37. The molecule has 12 heteroatoms. The average Bonchev–Trinajstić information content (AvgIpc) is 3.23. The van der Waals surface area contributed by atoms with Gasteiger partial charge in [0.1, 0.15) is 10.9 Å². The molecule has 2 unspecified atom stereocenters. The predicted molar refractivity (Wildman–Crippen MR) is 107 cm³/mol. The van der Waals surface area contributed by atoms with Gasteiger partial charge in [-0.25, -0.2) is 4.98 Å². The average molecular weight is 476 g/mol. The molecule has 0 bridgehead atoms. The van der Waals surface area contributed by atoms with Crippen LogP contribution in [0.3, 0.4) is 0 Å². The Balaban J connectivity index is 1.78. The maximum absolute atomic E-state index is 14.0. The highest BCUT2D eigenvalue weighted by molar-refractivity contribution is 6.31. The Bertz CT molecular complexity index is 1020. The number of aryl methyl sites for hydroxylation is 1. The number of aromatic amines is 1. The van der Waals surface area contributed by atoms with Crippen LogP contribution in [0.2, 0.25) is 10.2 Å². The van der Waals surface area contributed by atoms with Gasteiger partial charge < -0.3 is 9.84 Å². The number of H-pyrrole nitrogens is 1. The Morgan fingerprint density at radius 3 is 2.58 bits per heavy atom. The largest absolute Gasteiger partial charge is 0.494 e. The van der Waals surface area contributed by atoms with Crippen molar-refractivity contribution in [2.24, 2.45) is 0 Å². The third kappa shape index (κ3) is 5.08. The second-order valence-electron chi connectivity index (χ2n) is 6.82. The molecule has 31 heavy (non-hydrogen) atoms. The van der Waals surface area contributed by atoms with Gasteiger partial charge in [0.05, 0.1) is 6.61 Å². The molecule has 1 aromatic carbocycles. The van der Waals surface area contributed by atoms with Crippen molar-refractivity contribution in [3.8, 4) is 5.75 Å². The first-order valence-corrected chi connectivity index (χ1v) is 9.94. The molecule has 7 nitrogen and oxygen atoms in total. The zero-order valence-electron chi connectivity index (χ0n) is 16.2. The lowest BCUT2D eigenvalue weighted by molar-refractivity contribution is -0.274. The number of ether oxygens (including phenoxy) is 1. The van der Waals surface area contributed by atoms with Crippen LogP contribution in [-0.4, -0.2) is 43.5 Å². The Labute approximate surface area is 185 Å². The zero-order chi connectivity index (χ0) is 22.6. The van der Waals surface area contributed by atoms with E-state index in [-0.39, 0.29) is 15.7 Å². The molecular formula is C19H18Cl2F3N5O2. The highest BCUT2D eigenvalue weighted by atomic mass is 35.5. The number of alkyl halides is 3. The lowest BCUT2D eigenvalue weighted by Crippen LogP contribution is -2.46. The van der Waals surface area contributed by atoms with E-state index in [0.29, 0.717) is 31.0 Å². The van der Waals surface area contributed by atoms with Crippen molar-refractivity contribution >= 4 is 23.2 Å². The topological polar surface area (TPSA) is 96.8 Å². The summed E-state index contributed by atoms with van der Waals surface area (Å²) >= 11 is 12.0. The molecular weight excluding hydrogens is 458 g/mol. The number of aromatic nitrogens is 5. The van der Waals surface area contributed by atoms with Gasteiger partial charge in [0, 0.05) is 23.6 Å². The highest BCUT2D eigenvalue weighted by Gasteiger charge is 2.59. The van der Waals surface area contributed by atoms with Gasteiger partial charge in [-0.2, -0.15) is 18.4 Å². The molecule has 0 amide bonds. The first-order valence-electron chi connectivity index (χ1n) is 9.18. The Kier molecular flexibility index (Phi) is 7.03. The van der Waals surface area contributed by atoms with Crippen LogP contribution in [-0.2, 0) is 12.0 Å². The van der Waals surface area contributed by atoms with E-state index in [4.69, 9.17) is 27.9 Å². The van der Waals surface area contributed by atoms with Crippen LogP contribution in [0, 0.1) is 0 Å². The first kappa shape index (κ1) is 23.2. The molecule has 0 fully saturated rings. The molecule has 0 aliphatic rings. The number of nitrogens with one attached hydrogen (secondary N) is 1. The number of nitrogens with zero attached hydrogens (tertiary/aromatic N) is 4. The van der Waals surface area contributed by atoms with Gasteiger partial charge in [0.25, 0.3) is 0 Å². The number of rotatable bonds is 8. The summed E-state index contributed by atoms with van der Waals surface area (Å²) in [6, 6.07) is 6.38. The van der Waals surface area contributed by atoms with E-state index >= 15 is 0 Å². The van der Waals surface area contributed by atoms with Crippen LogP contribution in [0.5, 0.6) is 5.75 Å². The summed E-state index contributed by atoms with van der Waals surface area (Å²) in [4.78, 5) is 3.68. The summed E-state index contributed by atoms with van der Waals surface area (Å²) in [7, 11) is 0. The summed E-state index contributed by atoms with van der Waals surface area (Å²) in [5.41, 5.74) is -3.55. The number of hydrogen-bond donors (Lipinski definition) is 2. The maximum atomic E-state index is 14.0. The van der Waals surface area contributed by atoms with Crippen LogP contribution in [0.15, 0.2) is 36.5 Å². The number of tetrazole rings is 1. The van der Waals surface area contributed by atoms with E-state index in [9.17, 15) is 18.3 Å². The van der Waals surface area contributed by atoms with E-state index in [1.807, 2.05) is 0 Å². The zero-order valence-corrected chi connectivity index (χ0v) is 17.7.